The summed E-state index contributed by atoms with van der Waals surface area (Å²) < 4.78 is 6.71. The molecular weight excluding hydrogens is 278 g/mol. The van der Waals surface area contributed by atoms with Crippen molar-refractivity contribution in [2.45, 2.75) is 13.5 Å². The molecule has 0 saturated carbocycles. The number of halogens is 1. The summed E-state index contributed by atoms with van der Waals surface area (Å²) in [5, 5.41) is 0. The van der Waals surface area contributed by atoms with Gasteiger partial charge in [-0.3, -0.25) is 0 Å². The second-order valence-corrected chi connectivity index (χ2v) is 4.85. The summed E-state index contributed by atoms with van der Waals surface area (Å²) in [6.45, 7) is 2.53. The lowest BCUT2D eigenvalue weighted by molar-refractivity contribution is 0.306. The smallest absolute Gasteiger partial charge is 0.119 e. The second-order valence-electron chi connectivity index (χ2n) is 3.93. The molecule has 3 heteroatoms. The van der Waals surface area contributed by atoms with Crippen LogP contribution in [-0.2, 0) is 6.61 Å². The molecule has 0 atom stereocenters. The van der Waals surface area contributed by atoms with Gasteiger partial charge in [-0.2, -0.15) is 0 Å². The summed E-state index contributed by atoms with van der Waals surface area (Å²) in [7, 11) is 0. The number of nitrogen functional groups attached to an aromatic ring is 1. The summed E-state index contributed by atoms with van der Waals surface area (Å²) in [6, 6.07) is 13.8. The van der Waals surface area contributed by atoms with Crippen molar-refractivity contribution in [3.63, 3.8) is 0 Å². The molecule has 0 unspecified atom stereocenters. The van der Waals surface area contributed by atoms with Crippen molar-refractivity contribution in [3.05, 3.63) is 58.1 Å². The Morgan fingerprint density at radius 3 is 2.47 bits per heavy atom. The molecule has 2 N–H and O–H groups in total. The quantitative estimate of drug-likeness (QED) is 0.870. The predicted molar refractivity (Wildman–Crippen MR) is 74.1 cm³/mol. The number of anilines is 1. The van der Waals surface area contributed by atoms with Crippen molar-refractivity contribution in [1.29, 1.82) is 0 Å². The summed E-state index contributed by atoms with van der Waals surface area (Å²) in [5.41, 5.74) is 8.83. The van der Waals surface area contributed by atoms with Gasteiger partial charge in [0.2, 0.25) is 0 Å². The third kappa shape index (κ3) is 3.24. The molecule has 0 aromatic heterocycles. The van der Waals surface area contributed by atoms with Gasteiger partial charge in [0.1, 0.15) is 12.4 Å². The van der Waals surface area contributed by atoms with Crippen molar-refractivity contribution in [1.82, 2.24) is 0 Å². The average molecular weight is 292 g/mol. The Labute approximate surface area is 110 Å². The van der Waals surface area contributed by atoms with Crippen LogP contribution in [0.15, 0.2) is 46.9 Å². The standard InChI is InChI=1S/C14H14BrNO/c1-10-2-3-11(8-14(10)16)9-17-13-6-4-12(15)5-7-13/h2-8H,9,16H2,1H3. The number of hydrogen-bond acceptors (Lipinski definition) is 2. The van der Waals surface area contributed by atoms with Crippen molar-refractivity contribution in [3.8, 4) is 5.75 Å². The van der Waals surface area contributed by atoms with E-state index < -0.39 is 0 Å². The fraction of sp³-hybridized carbons (Fsp3) is 0.143. The van der Waals surface area contributed by atoms with Crippen molar-refractivity contribution in [2.24, 2.45) is 0 Å². The van der Waals surface area contributed by atoms with E-state index in [1.165, 1.54) is 0 Å². The maximum atomic E-state index is 5.85. The first-order valence-electron chi connectivity index (χ1n) is 5.38. The first-order chi connectivity index (χ1) is 8.15. The molecule has 0 aliphatic rings. The lowest BCUT2D eigenvalue weighted by atomic mass is 10.1. The number of aryl methyl sites for hydroxylation is 1. The Morgan fingerprint density at radius 2 is 1.82 bits per heavy atom. The molecule has 2 rings (SSSR count). The first-order valence-corrected chi connectivity index (χ1v) is 6.18. The molecule has 0 saturated heterocycles. The number of nitrogens with two attached hydrogens (primary N) is 1. The summed E-state index contributed by atoms with van der Waals surface area (Å²) in [4.78, 5) is 0. The van der Waals surface area contributed by atoms with Crippen LogP contribution in [-0.4, -0.2) is 0 Å². The van der Waals surface area contributed by atoms with Gasteiger partial charge in [-0.25, -0.2) is 0 Å². The molecule has 0 aliphatic carbocycles. The zero-order chi connectivity index (χ0) is 12.3. The minimum atomic E-state index is 0.534. The van der Waals surface area contributed by atoms with Crippen molar-refractivity contribution >= 4 is 21.6 Å². The van der Waals surface area contributed by atoms with Crippen LogP contribution in [0.4, 0.5) is 5.69 Å². The van der Waals surface area contributed by atoms with E-state index in [4.69, 9.17) is 10.5 Å². The zero-order valence-electron chi connectivity index (χ0n) is 9.61. The highest BCUT2D eigenvalue weighted by molar-refractivity contribution is 9.10. The number of rotatable bonds is 3. The minimum absolute atomic E-state index is 0.534. The van der Waals surface area contributed by atoms with Crippen LogP contribution in [0.1, 0.15) is 11.1 Å². The van der Waals surface area contributed by atoms with Gasteiger partial charge in [0, 0.05) is 10.2 Å². The third-order valence-electron chi connectivity index (χ3n) is 2.56. The van der Waals surface area contributed by atoms with E-state index in [0.717, 1.165) is 27.0 Å². The molecule has 2 aromatic rings. The Balaban J connectivity index is 2.02. The lowest BCUT2D eigenvalue weighted by Gasteiger charge is -2.08. The molecule has 0 bridgehead atoms. The highest BCUT2D eigenvalue weighted by atomic mass is 79.9. The second kappa shape index (κ2) is 5.23. The van der Waals surface area contributed by atoms with E-state index >= 15 is 0 Å². The Hall–Kier alpha value is -1.48. The molecule has 0 radical (unpaired) electrons. The molecule has 0 heterocycles. The summed E-state index contributed by atoms with van der Waals surface area (Å²) in [5.74, 6) is 0.854. The predicted octanol–water partition coefficient (Wildman–Crippen LogP) is 3.92. The molecule has 0 aliphatic heterocycles. The number of benzene rings is 2. The largest absolute Gasteiger partial charge is 0.489 e. The van der Waals surface area contributed by atoms with Crippen LogP contribution < -0.4 is 10.5 Å². The average Bonchev–Trinajstić information content (AvgIpc) is 2.33. The van der Waals surface area contributed by atoms with E-state index in [9.17, 15) is 0 Å². The van der Waals surface area contributed by atoms with E-state index in [1.54, 1.807) is 0 Å². The molecule has 0 fully saturated rings. The lowest BCUT2D eigenvalue weighted by Crippen LogP contribution is -1.97. The van der Waals surface area contributed by atoms with Gasteiger partial charge >= 0.3 is 0 Å². The highest BCUT2D eigenvalue weighted by Gasteiger charge is 1.99. The fourth-order valence-electron chi connectivity index (χ4n) is 1.48. The maximum Gasteiger partial charge on any atom is 0.119 e. The fourth-order valence-corrected chi connectivity index (χ4v) is 1.74. The van der Waals surface area contributed by atoms with Crippen LogP contribution in [0.5, 0.6) is 5.75 Å². The molecule has 0 spiro atoms. The molecular formula is C14H14BrNO. The maximum absolute atomic E-state index is 5.85. The highest BCUT2D eigenvalue weighted by Crippen LogP contribution is 2.18. The summed E-state index contributed by atoms with van der Waals surface area (Å²) >= 11 is 3.39. The van der Waals surface area contributed by atoms with Gasteiger partial charge in [-0.05, 0) is 48.4 Å². The van der Waals surface area contributed by atoms with E-state index in [1.807, 2.05) is 49.4 Å². The van der Waals surface area contributed by atoms with Crippen LogP contribution >= 0.6 is 15.9 Å². The topological polar surface area (TPSA) is 35.2 Å². The van der Waals surface area contributed by atoms with Gasteiger partial charge in [-0.15, -0.1) is 0 Å². The SMILES string of the molecule is Cc1ccc(COc2ccc(Br)cc2)cc1N. The Bertz CT molecular complexity index is 508. The minimum Gasteiger partial charge on any atom is -0.489 e. The van der Waals surface area contributed by atoms with Gasteiger partial charge in [0.25, 0.3) is 0 Å². The molecule has 2 nitrogen and oxygen atoms in total. The van der Waals surface area contributed by atoms with Crippen LogP contribution in [0.25, 0.3) is 0 Å². The first kappa shape index (κ1) is 12.0. The summed E-state index contributed by atoms with van der Waals surface area (Å²) in [6.07, 6.45) is 0. The number of hydrogen-bond donors (Lipinski definition) is 1. The molecule has 17 heavy (non-hydrogen) atoms. The molecule has 2 aromatic carbocycles. The van der Waals surface area contributed by atoms with Gasteiger partial charge < -0.3 is 10.5 Å². The van der Waals surface area contributed by atoms with E-state index in [0.29, 0.717) is 6.61 Å². The number of ether oxygens (including phenoxy) is 1. The third-order valence-corrected chi connectivity index (χ3v) is 3.09. The van der Waals surface area contributed by atoms with Crippen LogP contribution in [0, 0.1) is 6.92 Å². The van der Waals surface area contributed by atoms with Crippen molar-refractivity contribution < 1.29 is 4.74 Å². The van der Waals surface area contributed by atoms with Crippen LogP contribution in [0.3, 0.4) is 0 Å². The van der Waals surface area contributed by atoms with E-state index in [-0.39, 0.29) is 0 Å². The van der Waals surface area contributed by atoms with Crippen molar-refractivity contribution in [2.75, 3.05) is 5.73 Å². The monoisotopic (exact) mass is 291 g/mol. The van der Waals surface area contributed by atoms with Gasteiger partial charge in [-0.1, -0.05) is 28.1 Å². The molecule has 0 amide bonds. The molecule has 88 valence electrons. The zero-order valence-corrected chi connectivity index (χ0v) is 11.2. The Morgan fingerprint density at radius 1 is 1.12 bits per heavy atom. The van der Waals surface area contributed by atoms with Gasteiger partial charge in [0.15, 0.2) is 0 Å². The van der Waals surface area contributed by atoms with E-state index in [2.05, 4.69) is 15.9 Å². The van der Waals surface area contributed by atoms with Gasteiger partial charge in [0.05, 0.1) is 0 Å². The normalized spacial score (nSPS) is 10.2. The Kier molecular flexibility index (Phi) is 3.69. The van der Waals surface area contributed by atoms with Crippen LogP contribution in [0.2, 0.25) is 0 Å².